The number of sulfone groups is 1. The number of hydrogen-bond donors (Lipinski definition) is 1. The van der Waals surface area contributed by atoms with E-state index >= 15 is 0 Å². The number of anilines is 1. The highest BCUT2D eigenvalue weighted by Crippen LogP contribution is 2.33. The minimum absolute atomic E-state index is 0.00456. The molecule has 1 aromatic heterocycles. The van der Waals surface area contributed by atoms with Crippen molar-refractivity contribution in [3.05, 3.63) is 59.4 Å². The van der Waals surface area contributed by atoms with E-state index in [1.54, 1.807) is 6.07 Å². The van der Waals surface area contributed by atoms with Gasteiger partial charge in [0.2, 0.25) is 26.6 Å². The third-order valence-corrected chi connectivity index (χ3v) is 5.60. The van der Waals surface area contributed by atoms with Gasteiger partial charge in [0.25, 0.3) is 0 Å². The largest absolute Gasteiger partial charge is 0.419 e. The molecule has 142 valence electrons. The van der Waals surface area contributed by atoms with Crippen molar-refractivity contribution >= 4 is 27.3 Å². The first-order valence-electron chi connectivity index (χ1n) is 7.92. The Kier molecular flexibility index (Phi) is 5.79. The summed E-state index contributed by atoms with van der Waals surface area (Å²) >= 11 is 5.83. The average molecular weight is 411 g/mol. The number of nitrogens with zero attached hydrogens (tertiary/aromatic N) is 1. The molecule has 0 bridgehead atoms. The van der Waals surface area contributed by atoms with Crippen molar-refractivity contribution in [2.24, 2.45) is 0 Å². The lowest BCUT2D eigenvalue weighted by atomic mass is 10.2. The Labute approximate surface area is 160 Å². The number of hydrogen-bond acceptors (Lipinski definition) is 6. The molecule has 0 saturated carbocycles. The summed E-state index contributed by atoms with van der Waals surface area (Å²) in [5, 5.41) is 2.90. The second kappa shape index (κ2) is 8.08. The Morgan fingerprint density at radius 3 is 2.56 bits per heavy atom. The number of benzene rings is 2. The van der Waals surface area contributed by atoms with Crippen LogP contribution in [-0.4, -0.2) is 33.7 Å². The molecule has 9 heteroatoms. The van der Waals surface area contributed by atoms with Crippen molar-refractivity contribution < 1.29 is 22.0 Å². The number of rotatable bonds is 7. The molecule has 0 aliphatic heterocycles. The molecule has 0 fully saturated rings. The van der Waals surface area contributed by atoms with Gasteiger partial charge < -0.3 is 14.5 Å². The quantitative estimate of drug-likeness (QED) is 0.592. The number of ether oxygens (including phenoxy) is 1. The molecular weight excluding hydrogens is 395 g/mol. The van der Waals surface area contributed by atoms with E-state index in [1.807, 2.05) is 0 Å². The monoisotopic (exact) mass is 410 g/mol. The molecule has 1 N–H and O–H groups in total. The van der Waals surface area contributed by atoms with E-state index in [-0.39, 0.29) is 33.8 Å². The van der Waals surface area contributed by atoms with E-state index in [0.717, 1.165) is 0 Å². The standard InChI is InChI=1S/C18H16ClFN2O4S/c1-25-11-10-21-17-18(27(23,24)13-8-6-12(19)7-9-13)22-16(26-17)14-4-2-3-5-15(14)20/h2-9,21H,10-11H2,1H3. The Morgan fingerprint density at radius 2 is 1.89 bits per heavy atom. The maximum absolute atomic E-state index is 14.1. The lowest BCUT2D eigenvalue weighted by Crippen LogP contribution is -2.11. The first-order valence-corrected chi connectivity index (χ1v) is 9.79. The summed E-state index contributed by atoms with van der Waals surface area (Å²) < 4.78 is 50.6. The van der Waals surface area contributed by atoms with Gasteiger partial charge in [-0.3, -0.25) is 0 Å². The highest BCUT2D eigenvalue weighted by atomic mass is 35.5. The summed E-state index contributed by atoms with van der Waals surface area (Å²) in [6, 6.07) is 11.5. The van der Waals surface area contributed by atoms with E-state index in [9.17, 15) is 12.8 Å². The molecule has 0 unspecified atom stereocenters. The van der Waals surface area contributed by atoms with Gasteiger partial charge in [0, 0.05) is 18.7 Å². The van der Waals surface area contributed by atoms with E-state index < -0.39 is 15.7 Å². The molecule has 0 aliphatic rings. The van der Waals surface area contributed by atoms with Crippen molar-refractivity contribution in [2.45, 2.75) is 9.92 Å². The van der Waals surface area contributed by atoms with Crippen LogP contribution in [0.25, 0.3) is 11.5 Å². The summed E-state index contributed by atoms with van der Waals surface area (Å²) in [4.78, 5) is 4.06. The van der Waals surface area contributed by atoms with Crippen LogP contribution in [0.15, 0.2) is 62.9 Å². The topological polar surface area (TPSA) is 81.4 Å². The molecule has 3 aromatic rings. The number of halogens is 2. The number of oxazole rings is 1. The number of aromatic nitrogens is 1. The summed E-state index contributed by atoms with van der Waals surface area (Å²) in [5.74, 6) is -0.793. The molecule has 0 saturated heterocycles. The summed E-state index contributed by atoms with van der Waals surface area (Å²) in [6.07, 6.45) is 0. The zero-order valence-corrected chi connectivity index (χ0v) is 15.8. The predicted octanol–water partition coefficient (Wildman–Crippen LogP) is 4.03. The van der Waals surface area contributed by atoms with Gasteiger partial charge in [0.05, 0.1) is 17.1 Å². The van der Waals surface area contributed by atoms with Gasteiger partial charge >= 0.3 is 0 Å². The van der Waals surface area contributed by atoms with Crippen LogP contribution >= 0.6 is 11.6 Å². The van der Waals surface area contributed by atoms with Crippen molar-refractivity contribution in [1.29, 1.82) is 0 Å². The summed E-state index contributed by atoms with van der Waals surface area (Å²) in [5.41, 5.74) is 0.0600. The maximum atomic E-state index is 14.1. The molecule has 6 nitrogen and oxygen atoms in total. The Bertz CT molecular complexity index is 1040. The summed E-state index contributed by atoms with van der Waals surface area (Å²) in [6.45, 7) is 0.599. The molecule has 2 aromatic carbocycles. The van der Waals surface area contributed by atoms with Crippen LogP contribution < -0.4 is 5.32 Å². The summed E-state index contributed by atoms with van der Waals surface area (Å²) in [7, 11) is -2.50. The van der Waals surface area contributed by atoms with E-state index in [0.29, 0.717) is 11.6 Å². The highest BCUT2D eigenvalue weighted by Gasteiger charge is 2.29. The van der Waals surface area contributed by atoms with Crippen LogP contribution in [0.3, 0.4) is 0 Å². The van der Waals surface area contributed by atoms with Crippen molar-refractivity contribution in [1.82, 2.24) is 4.98 Å². The third-order valence-electron chi connectivity index (χ3n) is 3.67. The highest BCUT2D eigenvalue weighted by molar-refractivity contribution is 7.91. The zero-order chi connectivity index (χ0) is 19.4. The van der Waals surface area contributed by atoms with Crippen molar-refractivity contribution in [2.75, 3.05) is 25.6 Å². The maximum Gasteiger partial charge on any atom is 0.233 e. The van der Waals surface area contributed by atoms with Crippen LogP contribution in [0.4, 0.5) is 10.3 Å². The van der Waals surface area contributed by atoms with Gasteiger partial charge in [0.15, 0.2) is 0 Å². The van der Waals surface area contributed by atoms with Gasteiger partial charge in [-0.15, -0.1) is 0 Å². The van der Waals surface area contributed by atoms with Crippen LogP contribution in [-0.2, 0) is 14.6 Å². The number of methoxy groups -OCH3 is 1. The smallest absolute Gasteiger partial charge is 0.233 e. The molecular formula is C18H16ClFN2O4S. The second-order valence-corrected chi connectivity index (χ2v) is 7.81. The predicted molar refractivity (Wildman–Crippen MR) is 99.2 cm³/mol. The minimum Gasteiger partial charge on any atom is -0.419 e. The fraction of sp³-hybridized carbons (Fsp3) is 0.167. The molecule has 0 aliphatic carbocycles. The molecule has 0 amide bonds. The molecule has 0 spiro atoms. The molecule has 1 heterocycles. The fourth-order valence-corrected chi connectivity index (χ4v) is 3.75. The fourth-order valence-electron chi connectivity index (χ4n) is 2.34. The molecule has 0 atom stereocenters. The van der Waals surface area contributed by atoms with Gasteiger partial charge in [-0.2, -0.15) is 4.98 Å². The van der Waals surface area contributed by atoms with Gasteiger partial charge in [-0.05, 0) is 36.4 Å². The Morgan fingerprint density at radius 1 is 1.19 bits per heavy atom. The van der Waals surface area contributed by atoms with E-state index in [1.165, 1.54) is 49.6 Å². The molecule has 27 heavy (non-hydrogen) atoms. The number of nitrogens with one attached hydrogen (secondary N) is 1. The van der Waals surface area contributed by atoms with Gasteiger partial charge in [0.1, 0.15) is 5.82 Å². The van der Waals surface area contributed by atoms with Crippen LogP contribution in [0.1, 0.15) is 0 Å². The first kappa shape index (κ1) is 19.3. The van der Waals surface area contributed by atoms with Crippen molar-refractivity contribution in [3.63, 3.8) is 0 Å². The lowest BCUT2D eigenvalue weighted by Gasteiger charge is -2.05. The average Bonchev–Trinajstić information content (AvgIpc) is 3.07. The Balaban J connectivity index is 2.09. The molecule has 0 radical (unpaired) electrons. The van der Waals surface area contributed by atoms with Crippen LogP contribution in [0.5, 0.6) is 0 Å². The normalized spacial score (nSPS) is 11.5. The van der Waals surface area contributed by atoms with E-state index in [4.69, 9.17) is 20.8 Å². The lowest BCUT2D eigenvalue weighted by molar-refractivity contribution is 0.210. The molecule has 3 rings (SSSR count). The third kappa shape index (κ3) is 4.13. The zero-order valence-electron chi connectivity index (χ0n) is 14.3. The first-order chi connectivity index (χ1) is 12.9. The van der Waals surface area contributed by atoms with Gasteiger partial charge in [-0.1, -0.05) is 23.7 Å². The van der Waals surface area contributed by atoms with E-state index in [2.05, 4.69) is 10.3 Å². The van der Waals surface area contributed by atoms with Crippen LogP contribution in [0.2, 0.25) is 5.02 Å². The van der Waals surface area contributed by atoms with Crippen molar-refractivity contribution in [3.8, 4) is 11.5 Å². The Hall–Kier alpha value is -2.42. The SMILES string of the molecule is COCCNc1oc(-c2ccccc2F)nc1S(=O)(=O)c1ccc(Cl)cc1. The minimum atomic E-state index is -4.01. The van der Waals surface area contributed by atoms with Gasteiger partial charge in [-0.25, -0.2) is 12.8 Å². The van der Waals surface area contributed by atoms with Crippen LogP contribution in [0, 0.1) is 5.82 Å². The second-order valence-electron chi connectivity index (χ2n) is 5.51.